The molecule has 1 unspecified atom stereocenters. The van der Waals surface area contributed by atoms with Gasteiger partial charge in [-0.1, -0.05) is 99.3 Å². The average Bonchev–Trinajstić information content (AvgIpc) is 2.41. The van der Waals surface area contributed by atoms with Crippen molar-refractivity contribution in [2.45, 2.75) is 106 Å². The maximum atomic E-state index is 2.46. The highest BCUT2D eigenvalue weighted by Gasteiger charge is 2.18. The van der Waals surface area contributed by atoms with Gasteiger partial charge in [-0.2, -0.15) is 0 Å². The third-order valence-corrected chi connectivity index (χ3v) is 5.53. The van der Waals surface area contributed by atoms with Gasteiger partial charge in [-0.3, -0.25) is 0 Å². The molecule has 0 aromatic carbocycles. The Hall–Kier alpha value is 0. The van der Waals surface area contributed by atoms with Crippen molar-refractivity contribution < 1.29 is 0 Å². The van der Waals surface area contributed by atoms with Crippen LogP contribution in [0.1, 0.15) is 106 Å². The van der Waals surface area contributed by atoms with E-state index in [1.165, 1.54) is 64.2 Å². The van der Waals surface area contributed by atoms with Gasteiger partial charge < -0.3 is 0 Å². The van der Waals surface area contributed by atoms with Crippen LogP contribution >= 0.6 is 0 Å². The fourth-order valence-electron chi connectivity index (χ4n) is 2.66. The van der Waals surface area contributed by atoms with Crippen LogP contribution in [0.25, 0.3) is 0 Å². The van der Waals surface area contributed by atoms with Gasteiger partial charge in [-0.05, 0) is 23.7 Å². The van der Waals surface area contributed by atoms with Crippen LogP contribution in [0.15, 0.2) is 0 Å². The van der Waals surface area contributed by atoms with Gasteiger partial charge in [0.05, 0.1) is 0 Å². The summed E-state index contributed by atoms with van der Waals surface area (Å²) in [5, 5.41) is 0. The molecule has 0 aliphatic rings. The molecule has 0 nitrogen and oxygen atoms in total. The lowest BCUT2D eigenvalue weighted by Crippen LogP contribution is -2.13. The lowest BCUT2D eigenvalue weighted by atomic mass is 9.80. The molecule has 0 aromatic rings. The maximum absolute atomic E-state index is 2.46. The van der Waals surface area contributed by atoms with Crippen LogP contribution in [0, 0.1) is 17.3 Å². The summed E-state index contributed by atoms with van der Waals surface area (Å²) in [6, 6.07) is 0. The molecule has 0 aliphatic heterocycles. The van der Waals surface area contributed by atoms with Crippen molar-refractivity contribution >= 4 is 0 Å². The van der Waals surface area contributed by atoms with E-state index in [1.54, 1.807) is 0 Å². The molecule has 0 heteroatoms. The van der Waals surface area contributed by atoms with Crippen molar-refractivity contribution in [3.8, 4) is 0 Å². The quantitative estimate of drug-likeness (QED) is 0.328. The van der Waals surface area contributed by atoms with Gasteiger partial charge in [0.2, 0.25) is 0 Å². The molecule has 0 bridgehead atoms. The Morgan fingerprint density at radius 2 is 1.21 bits per heavy atom. The largest absolute Gasteiger partial charge is 0.0649 e. The van der Waals surface area contributed by atoms with Crippen molar-refractivity contribution in [2.75, 3.05) is 0 Å². The van der Waals surface area contributed by atoms with E-state index in [-0.39, 0.29) is 0 Å². The zero-order valence-electron chi connectivity index (χ0n) is 14.7. The number of hydrogen-bond donors (Lipinski definition) is 0. The summed E-state index contributed by atoms with van der Waals surface area (Å²) in [5.41, 5.74) is 0.618. The van der Waals surface area contributed by atoms with Gasteiger partial charge in [-0.25, -0.2) is 0 Å². The number of rotatable bonds is 12. The number of unbranched alkanes of at least 4 members (excludes halogenated alkanes) is 5. The first-order valence-corrected chi connectivity index (χ1v) is 8.95. The van der Waals surface area contributed by atoms with Crippen molar-refractivity contribution in [1.82, 2.24) is 0 Å². The van der Waals surface area contributed by atoms with E-state index in [4.69, 9.17) is 0 Å². The van der Waals surface area contributed by atoms with E-state index >= 15 is 0 Å². The van der Waals surface area contributed by atoms with Crippen molar-refractivity contribution in [3.05, 3.63) is 0 Å². The van der Waals surface area contributed by atoms with E-state index < -0.39 is 0 Å². The summed E-state index contributed by atoms with van der Waals surface area (Å²) in [6.07, 6.45) is 14.3. The molecular weight excluding hydrogens is 228 g/mol. The molecular formula is C19H40. The van der Waals surface area contributed by atoms with Crippen molar-refractivity contribution in [2.24, 2.45) is 17.3 Å². The van der Waals surface area contributed by atoms with E-state index in [9.17, 15) is 0 Å². The van der Waals surface area contributed by atoms with Crippen LogP contribution < -0.4 is 0 Å². The summed E-state index contributed by atoms with van der Waals surface area (Å²) in [6.45, 7) is 14.3. The summed E-state index contributed by atoms with van der Waals surface area (Å²) in [4.78, 5) is 0. The Kier molecular flexibility index (Phi) is 10.7. The fourth-order valence-corrected chi connectivity index (χ4v) is 2.66. The molecule has 0 spiro atoms. The third-order valence-electron chi connectivity index (χ3n) is 5.53. The normalized spacial score (nSPS) is 14.1. The monoisotopic (exact) mass is 268 g/mol. The first kappa shape index (κ1) is 19.0. The standard InChI is InChI=1S/C19H40/c1-7-19(6,8-2)16-14-12-10-9-11-13-15-18(5)17(3)4/h17-18H,7-16H2,1-6H3. The highest BCUT2D eigenvalue weighted by atomic mass is 14.2. The van der Waals surface area contributed by atoms with Crippen LogP contribution in [-0.4, -0.2) is 0 Å². The molecule has 0 aliphatic carbocycles. The summed E-state index contributed by atoms with van der Waals surface area (Å²) < 4.78 is 0. The van der Waals surface area contributed by atoms with Gasteiger partial charge >= 0.3 is 0 Å². The first-order chi connectivity index (χ1) is 8.95. The van der Waals surface area contributed by atoms with Crippen molar-refractivity contribution in [3.63, 3.8) is 0 Å². The molecule has 0 aromatic heterocycles. The van der Waals surface area contributed by atoms with Crippen LogP contribution in [-0.2, 0) is 0 Å². The SMILES string of the molecule is CCC(C)(CC)CCCCCCCCC(C)C(C)C. The topological polar surface area (TPSA) is 0 Å². The molecule has 1 atom stereocenters. The second kappa shape index (κ2) is 10.7. The summed E-state index contributed by atoms with van der Waals surface area (Å²) >= 11 is 0. The van der Waals surface area contributed by atoms with Crippen LogP contribution in [0.2, 0.25) is 0 Å². The van der Waals surface area contributed by atoms with Gasteiger partial charge in [0.1, 0.15) is 0 Å². The minimum absolute atomic E-state index is 0.618. The molecule has 0 radical (unpaired) electrons. The smallest absolute Gasteiger partial charge is 0.0331 e. The second-order valence-electron chi connectivity index (χ2n) is 7.40. The third kappa shape index (κ3) is 9.52. The fraction of sp³-hybridized carbons (Fsp3) is 1.00. The molecule has 0 amide bonds. The van der Waals surface area contributed by atoms with Gasteiger partial charge in [-0.15, -0.1) is 0 Å². The zero-order chi connectivity index (χ0) is 14.7. The summed E-state index contributed by atoms with van der Waals surface area (Å²) in [7, 11) is 0. The lowest BCUT2D eigenvalue weighted by Gasteiger charge is -2.26. The molecule has 0 saturated heterocycles. The Morgan fingerprint density at radius 3 is 1.68 bits per heavy atom. The van der Waals surface area contributed by atoms with E-state index in [0.717, 1.165) is 11.8 Å². The average molecular weight is 269 g/mol. The van der Waals surface area contributed by atoms with Crippen molar-refractivity contribution in [1.29, 1.82) is 0 Å². The zero-order valence-corrected chi connectivity index (χ0v) is 14.7. The maximum Gasteiger partial charge on any atom is -0.0331 e. The molecule has 0 fully saturated rings. The Balaban J connectivity index is 3.37. The minimum Gasteiger partial charge on any atom is -0.0649 e. The van der Waals surface area contributed by atoms with Crippen LogP contribution in [0.5, 0.6) is 0 Å². The molecule has 0 heterocycles. The number of hydrogen-bond acceptors (Lipinski definition) is 0. The predicted octanol–water partition coefficient (Wildman–Crippen LogP) is 7.23. The highest BCUT2D eigenvalue weighted by Crippen LogP contribution is 2.31. The minimum atomic E-state index is 0.618. The molecule has 0 rings (SSSR count). The Labute approximate surface area is 123 Å². The summed E-state index contributed by atoms with van der Waals surface area (Å²) in [5.74, 6) is 1.77. The van der Waals surface area contributed by atoms with Crippen LogP contribution in [0.4, 0.5) is 0 Å². The van der Waals surface area contributed by atoms with Gasteiger partial charge in [0, 0.05) is 0 Å². The molecule has 0 N–H and O–H groups in total. The molecule has 116 valence electrons. The lowest BCUT2D eigenvalue weighted by molar-refractivity contribution is 0.261. The first-order valence-electron chi connectivity index (χ1n) is 8.95. The predicted molar refractivity (Wildman–Crippen MR) is 89.6 cm³/mol. The molecule has 0 saturated carbocycles. The highest BCUT2D eigenvalue weighted by molar-refractivity contribution is 4.70. The van der Waals surface area contributed by atoms with Crippen LogP contribution in [0.3, 0.4) is 0 Å². The van der Waals surface area contributed by atoms with E-state index in [1.807, 2.05) is 0 Å². The van der Waals surface area contributed by atoms with E-state index in [2.05, 4.69) is 41.5 Å². The van der Waals surface area contributed by atoms with Gasteiger partial charge in [0.15, 0.2) is 0 Å². The van der Waals surface area contributed by atoms with E-state index in [0.29, 0.717) is 5.41 Å². The second-order valence-corrected chi connectivity index (χ2v) is 7.40. The van der Waals surface area contributed by atoms with Gasteiger partial charge in [0.25, 0.3) is 0 Å². The Bertz CT molecular complexity index is 188. The Morgan fingerprint density at radius 1 is 0.737 bits per heavy atom. The molecule has 19 heavy (non-hydrogen) atoms.